The van der Waals surface area contributed by atoms with Crippen molar-refractivity contribution in [1.29, 1.82) is 0 Å². The molecule has 23 heavy (non-hydrogen) atoms. The van der Waals surface area contributed by atoms with Gasteiger partial charge < -0.3 is 9.30 Å². The minimum absolute atomic E-state index is 0.183. The first-order chi connectivity index (χ1) is 11.1. The highest BCUT2D eigenvalue weighted by Gasteiger charge is 2.15. The van der Waals surface area contributed by atoms with Crippen LogP contribution in [0, 0.1) is 0 Å². The van der Waals surface area contributed by atoms with Crippen LogP contribution in [0.1, 0.15) is 35.3 Å². The second kappa shape index (κ2) is 6.47. The molecule has 1 aromatic carbocycles. The zero-order chi connectivity index (χ0) is 16.4. The lowest BCUT2D eigenvalue weighted by atomic mass is 10.1. The fraction of sp³-hybridized carbons (Fsp3) is 0.312. The largest absolute Gasteiger partial charge is 0.377 e. The average molecular weight is 330 g/mol. The van der Waals surface area contributed by atoms with Crippen LogP contribution >= 0.6 is 11.3 Å². The van der Waals surface area contributed by atoms with Gasteiger partial charge in [0.15, 0.2) is 0 Å². The summed E-state index contributed by atoms with van der Waals surface area (Å²) in [7, 11) is 1.60. The second-order valence-electron chi connectivity index (χ2n) is 5.44. The van der Waals surface area contributed by atoms with Gasteiger partial charge in [-0.3, -0.25) is 10.1 Å². The van der Waals surface area contributed by atoms with Crippen molar-refractivity contribution in [2.75, 3.05) is 12.4 Å². The minimum atomic E-state index is -0.183. The highest BCUT2D eigenvalue weighted by atomic mass is 32.1. The van der Waals surface area contributed by atoms with Crippen molar-refractivity contribution >= 4 is 33.3 Å². The fourth-order valence-electron chi connectivity index (χ4n) is 2.49. The van der Waals surface area contributed by atoms with Crippen LogP contribution in [0.2, 0.25) is 0 Å². The molecule has 0 aliphatic heterocycles. The number of hydrogen-bond acceptors (Lipinski definition) is 5. The van der Waals surface area contributed by atoms with Gasteiger partial charge in [-0.25, -0.2) is 0 Å². The first kappa shape index (κ1) is 15.6. The molecule has 1 N–H and O–H groups in total. The Morgan fingerprint density at radius 2 is 2.17 bits per heavy atom. The normalized spacial score (nSPS) is 11.3. The number of carbonyl (C=O) groups is 1. The maximum absolute atomic E-state index is 12.6. The Morgan fingerprint density at radius 3 is 2.91 bits per heavy atom. The smallest absolute Gasteiger partial charge is 0.258 e. The van der Waals surface area contributed by atoms with Crippen molar-refractivity contribution in [3.63, 3.8) is 0 Å². The van der Waals surface area contributed by atoms with Crippen molar-refractivity contribution in [1.82, 2.24) is 14.8 Å². The number of anilines is 1. The zero-order valence-electron chi connectivity index (χ0n) is 13.2. The van der Waals surface area contributed by atoms with E-state index in [0.717, 1.165) is 15.9 Å². The summed E-state index contributed by atoms with van der Waals surface area (Å²) >= 11 is 1.31. The number of benzene rings is 1. The lowest BCUT2D eigenvalue weighted by Crippen LogP contribution is -2.12. The number of amides is 1. The van der Waals surface area contributed by atoms with Crippen LogP contribution < -0.4 is 5.32 Å². The lowest BCUT2D eigenvalue weighted by Gasteiger charge is -2.10. The lowest BCUT2D eigenvalue weighted by molar-refractivity contribution is 0.102. The van der Waals surface area contributed by atoms with Gasteiger partial charge >= 0.3 is 0 Å². The number of nitrogens with one attached hydrogen (secondary N) is 1. The van der Waals surface area contributed by atoms with E-state index in [0.29, 0.717) is 23.3 Å². The number of aromatic nitrogens is 3. The van der Waals surface area contributed by atoms with Gasteiger partial charge in [-0.2, -0.15) is 0 Å². The maximum atomic E-state index is 12.6. The molecule has 2 aromatic heterocycles. The van der Waals surface area contributed by atoms with E-state index >= 15 is 0 Å². The first-order valence-corrected chi connectivity index (χ1v) is 8.14. The highest BCUT2D eigenvalue weighted by Crippen LogP contribution is 2.24. The number of hydrogen-bond donors (Lipinski definition) is 1. The summed E-state index contributed by atoms with van der Waals surface area (Å²) in [6, 6.07) is 8.05. The van der Waals surface area contributed by atoms with E-state index in [4.69, 9.17) is 4.74 Å². The molecule has 0 aliphatic carbocycles. The van der Waals surface area contributed by atoms with Gasteiger partial charge in [-0.1, -0.05) is 17.4 Å². The fourth-order valence-corrected chi connectivity index (χ4v) is 3.19. The Balaban J connectivity index is 1.88. The third-order valence-corrected chi connectivity index (χ3v) is 4.33. The van der Waals surface area contributed by atoms with Crippen LogP contribution in [0.15, 0.2) is 30.5 Å². The van der Waals surface area contributed by atoms with Gasteiger partial charge in [0.1, 0.15) is 11.6 Å². The molecule has 3 rings (SSSR count). The van der Waals surface area contributed by atoms with Crippen LogP contribution in [-0.2, 0) is 11.3 Å². The molecule has 0 unspecified atom stereocenters. The summed E-state index contributed by atoms with van der Waals surface area (Å²) in [4.78, 5) is 12.6. The third-order valence-electron chi connectivity index (χ3n) is 3.52. The number of ether oxygens (including phenoxy) is 1. The van der Waals surface area contributed by atoms with Crippen molar-refractivity contribution in [3.8, 4) is 0 Å². The molecule has 0 fully saturated rings. The Hall–Kier alpha value is -2.25. The first-order valence-electron chi connectivity index (χ1n) is 7.32. The summed E-state index contributed by atoms with van der Waals surface area (Å²) in [6.45, 7) is 4.62. The Bertz CT molecular complexity index is 838. The standard InChI is InChI=1S/C16H18N4O2S/c1-10(2)20-8-7-11-12(5-4-6-13(11)20)15(21)17-16-19-18-14(23-16)9-22-3/h4-8,10H,9H2,1-3H3,(H,17,19,21). The molecular formula is C16H18N4O2S. The summed E-state index contributed by atoms with van der Waals surface area (Å²) in [5.41, 5.74) is 1.68. The molecule has 2 heterocycles. The molecule has 0 atom stereocenters. The summed E-state index contributed by atoms with van der Waals surface area (Å²) in [5, 5.41) is 12.9. The molecular weight excluding hydrogens is 312 g/mol. The Morgan fingerprint density at radius 1 is 1.35 bits per heavy atom. The summed E-state index contributed by atoms with van der Waals surface area (Å²) < 4.78 is 7.15. The number of carbonyl (C=O) groups excluding carboxylic acids is 1. The number of methoxy groups -OCH3 is 1. The number of rotatable bonds is 5. The summed E-state index contributed by atoms with van der Waals surface area (Å²) in [6.07, 6.45) is 2.01. The van der Waals surface area contributed by atoms with Gasteiger partial charge in [-0.05, 0) is 32.0 Å². The third kappa shape index (κ3) is 3.11. The SMILES string of the molecule is COCc1nnc(NC(=O)c2cccc3c2ccn3C(C)C)s1. The van der Waals surface area contributed by atoms with Gasteiger partial charge in [0.05, 0.1) is 0 Å². The monoisotopic (exact) mass is 330 g/mol. The quantitative estimate of drug-likeness (QED) is 0.777. The molecule has 3 aromatic rings. The highest BCUT2D eigenvalue weighted by molar-refractivity contribution is 7.15. The van der Waals surface area contributed by atoms with Gasteiger partial charge in [0.2, 0.25) is 5.13 Å². The molecule has 0 radical (unpaired) electrons. The Labute approximate surface area is 138 Å². The van der Waals surface area contributed by atoms with Crippen LogP contribution in [0.3, 0.4) is 0 Å². The van der Waals surface area contributed by atoms with Crippen LogP contribution in [-0.4, -0.2) is 27.8 Å². The molecule has 7 heteroatoms. The Kier molecular flexibility index (Phi) is 4.40. The molecule has 6 nitrogen and oxygen atoms in total. The molecule has 0 aliphatic rings. The predicted octanol–water partition coefficient (Wildman–Crippen LogP) is 3.47. The van der Waals surface area contributed by atoms with E-state index < -0.39 is 0 Å². The molecule has 1 amide bonds. The van der Waals surface area contributed by atoms with E-state index in [-0.39, 0.29) is 5.91 Å². The molecule has 0 bridgehead atoms. The van der Waals surface area contributed by atoms with Crippen molar-refractivity contribution in [3.05, 3.63) is 41.0 Å². The van der Waals surface area contributed by atoms with Gasteiger partial charge in [0.25, 0.3) is 5.91 Å². The topological polar surface area (TPSA) is 69.0 Å². The molecule has 0 saturated heterocycles. The van der Waals surface area contributed by atoms with Crippen molar-refractivity contribution in [2.24, 2.45) is 0 Å². The van der Waals surface area contributed by atoms with E-state index in [1.165, 1.54) is 11.3 Å². The average Bonchev–Trinajstić information content (AvgIpc) is 3.13. The van der Waals surface area contributed by atoms with Crippen molar-refractivity contribution in [2.45, 2.75) is 26.5 Å². The molecule has 120 valence electrons. The van der Waals surface area contributed by atoms with Crippen LogP contribution in [0.5, 0.6) is 0 Å². The van der Waals surface area contributed by atoms with Crippen molar-refractivity contribution < 1.29 is 9.53 Å². The molecule has 0 spiro atoms. The van der Waals surface area contributed by atoms with E-state index in [1.54, 1.807) is 7.11 Å². The van der Waals surface area contributed by atoms with Gasteiger partial charge in [-0.15, -0.1) is 10.2 Å². The number of nitrogens with zero attached hydrogens (tertiary/aromatic N) is 3. The zero-order valence-corrected chi connectivity index (χ0v) is 14.1. The maximum Gasteiger partial charge on any atom is 0.258 e. The van der Waals surface area contributed by atoms with Crippen LogP contribution in [0.25, 0.3) is 10.9 Å². The van der Waals surface area contributed by atoms with E-state index in [9.17, 15) is 4.79 Å². The van der Waals surface area contributed by atoms with E-state index in [1.807, 2.05) is 30.5 Å². The predicted molar refractivity (Wildman–Crippen MR) is 90.9 cm³/mol. The summed E-state index contributed by atoms with van der Waals surface area (Å²) in [5.74, 6) is -0.183. The number of fused-ring (bicyclic) bond motifs is 1. The van der Waals surface area contributed by atoms with E-state index in [2.05, 4.69) is 33.9 Å². The molecule has 0 saturated carbocycles. The van der Waals surface area contributed by atoms with Gasteiger partial charge in [0, 0.05) is 35.8 Å². The second-order valence-corrected chi connectivity index (χ2v) is 6.51. The minimum Gasteiger partial charge on any atom is -0.377 e. The van der Waals surface area contributed by atoms with Crippen LogP contribution in [0.4, 0.5) is 5.13 Å².